The first-order chi connectivity index (χ1) is 17.0. The molecule has 0 aliphatic heterocycles. The summed E-state index contributed by atoms with van der Waals surface area (Å²) in [4.78, 5) is 12.6. The molecule has 0 fully saturated rings. The number of rotatable bonds is 8. The molecule has 3 N–H and O–H groups in total. The summed E-state index contributed by atoms with van der Waals surface area (Å²) >= 11 is 1.66. The number of fused-ring (bicyclic) bond motifs is 1. The van der Waals surface area contributed by atoms with Gasteiger partial charge in [-0.3, -0.25) is 4.79 Å². The van der Waals surface area contributed by atoms with Crippen molar-refractivity contribution in [1.29, 1.82) is 0 Å². The molecule has 6 nitrogen and oxygen atoms in total. The largest absolute Gasteiger partial charge is 0.396 e. The number of aliphatic hydroxyl groups is 1. The molecule has 35 heavy (non-hydrogen) atoms. The van der Waals surface area contributed by atoms with Crippen LogP contribution in [0.2, 0.25) is 0 Å². The van der Waals surface area contributed by atoms with E-state index in [4.69, 9.17) is 10.8 Å². The number of carbonyl (C=O) groups excluding carboxylic acids is 1. The average molecular weight is 483 g/mol. The molecular formula is C28H26N4O2S. The Kier molecular flexibility index (Phi) is 6.44. The molecule has 0 radical (unpaired) electrons. The molecule has 2 heterocycles. The van der Waals surface area contributed by atoms with Crippen molar-refractivity contribution in [2.75, 3.05) is 12.4 Å². The Bertz CT molecular complexity index is 1480. The highest BCUT2D eigenvalue weighted by atomic mass is 32.2. The number of nitrogens with zero attached hydrogens (tertiary/aromatic N) is 3. The van der Waals surface area contributed by atoms with Gasteiger partial charge in [-0.15, -0.1) is 11.8 Å². The number of thioether (sulfide) groups is 1. The Morgan fingerprint density at radius 3 is 2.34 bits per heavy atom. The van der Waals surface area contributed by atoms with Crippen LogP contribution < -0.4 is 5.73 Å². The maximum absolute atomic E-state index is 11.5. The third-order valence-corrected chi connectivity index (χ3v) is 6.99. The van der Waals surface area contributed by atoms with Gasteiger partial charge in [-0.1, -0.05) is 36.4 Å². The third-order valence-electron chi connectivity index (χ3n) is 5.99. The monoisotopic (exact) mass is 482 g/mol. The summed E-state index contributed by atoms with van der Waals surface area (Å²) in [5.74, 6) is 0.182. The molecule has 0 saturated heterocycles. The summed E-state index contributed by atoms with van der Waals surface area (Å²) in [5.41, 5.74) is 12.1. The Balaban J connectivity index is 1.33. The molecule has 7 heteroatoms. The Hall–Kier alpha value is -3.81. The lowest BCUT2D eigenvalue weighted by Crippen LogP contribution is -2.12. The maximum atomic E-state index is 11.5. The van der Waals surface area contributed by atoms with Gasteiger partial charge in [0.15, 0.2) is 5.69 Å². The van der Waals surface area contributed by atoms with Crippen molar-refractivity contribution in [3.05, 3.63) is 102 Å². The van der Waals surface area contributed by atoms with E-state index < -0.39 is 5.91 Å². The van der Waals surface area contributed by atoms with Crippen LogP contribution in [0.5, 0.6) is 0 Å². The second-order valence-corrected chi connectivity index (χ2v) is 9.60. The molecule has 176 valence electrons. The molecule has 0 spiro atoms. The average Bonchev–Trinajstić information content (AvgIpc) is 3.46. The van der Waals surface area contributed by atoms with Gasteiger partial charge in [0.25, 0.3) is 5.91 Å². The molecule has 3 aromatic carbocycles. The summed E-state index contributed by atoms with van der Waals surface area (Å²) in [6, 6.07) is 27.1. The van der Waals surface area contributed by atoms with Crippen LogP contribution >= 0.6 is 11.8 Å². The summed E-state index contributed by atoms with van der Waals surface area (Å²) < 4.78 is 3.97. The van der Waals surface area contributed by atoms with Gasteiger partial charge in [-0.05, 0) is 66.1 Å². The van der Waals surface area contributed by atoms with E-state index in [1.54, 1.807) is 22.5 Å². The summed E-state index contributed by atoms with van der Waals surface area (Å²) in [7, 11) is 0. The molecule has 0 aliphatic carbocycles. The van der Waals surface area contributed by atoms with Gasteiger partial charge in [-0.25, -0.2) is 4.68 Å². The fourth-order valence-electron chi connectivity index (χ4n) is 4.22. The maximum Gasteiger partial charge on any atom is 0.269 e. The molecule has 1 amide bonds. The number of aromatic nitrogens is 3. The normalized spacial score (nSPS) is 11.3. The highest BCUT2D eigenvalue weighted by molar-refractivity contribution is 7.99. The van der Waals surface area contributed by atoms with E-state index in [2.05, 4.69) is 82.6 Å². The molecule has 0 unspecified atom stereocenters. The number of aryl methyl sites for hydroxylation is 1. The van der Waals surface area contributed by atoms with Crippen molar-refractivity contribution in [3.8, 4) is 16.8 Å². The van der Waals surface area contributed by atoms with Gasteiger partial charge in [0, 0.05) is 40.0 Å². The number of primary amides is 1. The first-order valence-corrected chi connectivity index (χ1v) is 12.4. The predicted octanol–water partition coefficient (Wildman–Crippen LogP) is 5.03. The van der Waals surface area contributed by atoms with Crippen molar-refractivity contribution in [2.24, 2.45) is 5.73 Å². The minimum absolute atomic E-state index is 0.188. The standard InChI is InChI=1S/C28H26N4O2S/c1-19-16-26(28(29)34)30-32(19)24-8-11-27-23(17-24)12-13-31(27)18-20-2-4-21(5-3-20)22-6-9-25(10-7-22)35-15-14-33/h2-13,16-17,33H,14-15,18H2,1H3,(H2,29,34). The fourth-order valence-corrected chi connectivity index (χ4v) is 4.88. The van der Waals surface area contributed by atoms with Crippen LogP contribution in [0.25, 0.3) is 27.7 Å². The molecule has 2 aromatic heterocycles. The number of aliphatic hydroxyl groups excluding tert-OH is 1. The topological polar surface area (TPSA) is 86.1 Å². The highest BCUT2D eigenvalue weighted by Crippen LogP contribution is 2.26. The molecule has 5 rings (SSSR count). The van der Waals surface area contributed by atoms with Crippen LogP contribution in [0.1, 0.15) is 21.7 Å². The van der Waals surface area contributed by atoms with Gasteiger partial charge in [0.2, 0.25) is 0 Å². The molecule has 5 aromatic rings. The summed E-state index contributed by atoms with van der Waals surface area (Å²) in [6.45, 7) is 2.86. The van der Waals surface area contributed by atoms with Crippen molar-refractivity contribution in [1.82, 2.24) is 14.3 Å². The quantitative estimate of drug-likeness (QED) is 0.304. The number of benzene rings is 3. The van der Waals surface area contributed by atoms with Crippen molar-refractivity contribution >= 4 is 28.6 Å². The van der Waals surface area contributed by atoms with Crippen molar-refractivity contribution in [2.45, 2.75) is 18.4 Å². The second kappa shape index (κ2) is 9.82. The SMILES string of the molecule is Cc1cc(C(N)=O)nn1-c1ccc2c(ccn2Cc2ccc(-c3ccc(SCCO)cc3)cc2)c1. The number of nitrogens with two attached hydrogens (primary N) is 1. The van der Waals surface area contributed by atoms with E-state index in [0.717, 1.165) is 33.7 Å². The number of carbonyl (C=O) groups is 1. The first kappa shape index (κ1) is 23.0. The van der Waals surface area contributed by atoms with E-state index in [1.807, 2.05) is 13.0 Å². The lowest BCUT2D eigenvalue weighted by molar-refractivity contribution is 0.0995. The third kappa shape index (κ3) is 4.87. The van der Waals surface area contributed by atoms with E-state index in [0.29, 0.717) is 5.75 Å². The van der Waals surface area contributed by atoms with Gasteiger partial charge in [-0.2, -0.15) is 5.10 Å². The van der Waals surface area contributed by atoms with E-state index in [1.165, 1.54) is 16.7 Å². The zero-order valence-corrected chi connectivity index (χ0v) is 20.2. The fraction of sp³-hybridized carbons (Fsp3) is 0.143. The van der Waals surface area contributed by atoms with Gasteiger partial charge >= 0.3 is 0 Å². The highest BCUT2D eigenvalue weighted by Gasteiger charge is 2.11. The minimum atomic E-state index is -0.529. The van der Waals surface area contributed by atoms with Crippen LogP contribution in [-0.2, 0) is 6.54 Å². The number of hydrogen-bond acceptors (Lipinski definition) is 4. The summed E-state index contributed by atoms with van der Waals surface area (Å²) in [5, 5.41) is 14.4. The lowest BCUT2D eigenvalue weighted by Gasteiger charge is -2.09. The van der Waals surface area contributed by atoms with Crippen LogP contribution in [0.3, 0.4) is 0 Å². The van der Waals surface area contributed by atoms with Crippen LogP contribution in [0.4, 0.5) is 0 Å². The second-order valence-electron chi connectivity index (χ2n) is 8.43. The molecule has 0 atom stereocenters. The van der Waals surface area contributed by atoms with Crippen LogP contribution in [0.15, 0.2) is 90.0 Å². The van der Waals surface area contributed by atoms with Crippen molar-refractivity contribution < 1.29 is 9.90 Å². The molecule has 0 aliphatic rings. The lowest BCUT2D eigenvalue weighted by atomic mass is 10.0. The molecule has 0 bridgehead atoms. The molecular weight excluding hydrogens is 456 g/mol. The van der Waals surface area contributed by atoms with E-state index >= 15 is 0 Å². The Morgan fingerprint density at radius 2 is 1.69 bits per heavy atom. The predicted molar refractivity (Wildman–Crippen MR) is 141 cm³/mol. The van der Waals surface area contributed by atoms with Gasteiger partial charge in [0.1, 0.15) is 0 Å². The van der Waals surface area contributed by atoms with Crippen LogP contribution in [-0.4, -0.2) is 37.7 Å². The van der Waals surface area contributed by atoms with E-state index in [9.17, 15) is 4.79 Å². The van der Waals surface area contributed by atoms with Gasteiger partial charge < -0.3 is 15.4 Å². The molecule has 0 saturated carbocycles. The summed E-state index contributed by atoms with van der Waals surface area (Å²) in [6.07, 6.45) is 2.09. The zero-order chi connectivity index (χ0) is 24.4. The smallest absolute Gasteiger partial charge is 0.269 e. The zero-order valence-electron chi connectivity index (χ0n) is 19.4. The number of hydrogen-bond donors (Lipinski definition) is 2. The van der Waals surface area contributed by atoms with Crippen molar-refractivity contribution in [3.63, 3.8) is 0 Å². The minimum Gasteiger partial charge on any atom is -0.396 e. The Labute approximate surface area is 208 Å². The van der Waals surface area contributed by atoms with E-state index in [-0.39, 0.29) is 12.3 Å². The number of amides is 1. The first-order valence-electron chi connectivity index (χ1n) is 11.4. The van der Waals surface area contributed by atoms with Gasteiger partial charge in [0.05, 0.1) is 12.3 Å². The Morgan fingerprint density at radius 1 is 0.971 bits per heavy atom. The van der Waals surface area contributed by atoms with Crippen LogP contribution in [0, 0.1) is 6.92 Å².